The predicted octanol–water partition coefficient (Wildman–Crippen LogP) is 4.27. The number of nitrogens with one attached hydrogen (secondary N) is 1. The highest BCUT2D eigenvalue weighted by Crippen LogP contribution is 2.36. The van der Waals surface area contributed by atoms with Crippen molar-refractivity contribution in [3.63, 3.8) is 0 Å². The second-order valence-corrected chi connectivity index (χ2v) is 15.8. The number of hydrogen-bond acceptors (Lipinski definition) is 9. The first-order chi connectivity index (χ1) is 18.7. The molecule has 2 fully saturated rings. The predicted molar refractivity (Wildman–Crippen MR) is 153 cm³/mol. The Balaban J connectivity index is 1.30. The number of likely N-dealkylation sites (tertiary alicyclic amines) is 1. The average molecular weight is 552 g/mol. The highest BCUT2D eigenvalue weighted by molar-refractivity contribution is 6.89. The first kappa shape index (κ1) is 27.0. The second-order valence-electron chi connectivity index (χ2n) is 10.8. The van der Waals surface area contributed by atoms with Crippen molar-refractivity contribution in [2.75, 3.05) is 50.6 Å². The molecule has 2 saturated heterocycles. The van der Waals surface area contributed by atoms with Crippen LogP contribution in [0.5, 0.6) is 23.5 Å². The maximum Gasteiger partial charge on any atom is 0.291 e. The summed E-state index contributed by atoms with van der Waals surface area (Å²) in [5.74, 6) is 1.49. The molecule has 0 spiro atoms. The molecule has 0 radical (unpaired) electrons. The number of carbonyl (C=O) groups is 1. The molecule has 4 heterocycles. The van der Waals surface area contributed by atoms with Gasteiger partial charge in [-0.1, -0.05) is 43.4 Å². The molecule has 0 unspecified atom stereocenters. The zero-order chi connectivity index (χ0) is 27.7. The highest BCUT2D eigenvalue weighted by Gasteiger charge is 2.36. The fourth-order valence-electron chi connectivity index (χ4n) is 4.62. The molecule has 11 heteroatoms. The summed E-state index contributed by atoms with van der Waals surface area (Å²) in [6, 6.07) is 11.2. The van der Waals surface area contributed by atoms with E-state index in [1.807, 2.05) is 6.92 Å². The minimum absolute atomic E-state index is 0.0791. The van der Waals surface area contributed by atoms with Crippen LogP contribution in [0.3, 0.4) is 0 Å². The number of benzene rings is 1. The van der Waals surface area contributed by atoms with Crippen LogP contribution in [0.25, 0.3) is 0 Å². The van der Waals surface area contributed by atoms with Crippen LogP contribution < -0.4 is 29.6 Å². The summed E-state index contributed by atoms with van der Waals surface area (Å²) in [6.07, 6.45) is 1.26. The van der Waals surface area contributed by atoms with E-state index in [-0.39, 0.29) is 29.2 Å². The minimum Gasteiger partial charge on any atom is -0.479 e. The number of aromatic nitrogens is 2. The van der Waals surface area contributed by atoms with Gasteiger partial charge in [-0.15, -0.1) is 0 Å². The number of furan rings is 1. The average Bonchev–Trinajstić information content (AvgIpc) is 3.34. The number of nitrogens with zero attached hydrogens (tertiary/aromatic N) is 4. The molecule has 0 bridgehead atoms. The molecule has 1 N–H and O–H groups in total. The number of amides is 1. The number of carbonyl (C=O) groups excluding carboxylic acids is 1. The summed E-state index contributed by atoms with van der Waals surface area (Å²) >= 11 is 0. The highest BCUT2D eigenvalue weighted by atomic mass is 28.3. The topological polar surface area (TPSA) is 102 Å². The van der Waals surface area contributed by atoms with Crippen LogP contribution in [0, 0.1) is 6.92 Å². The number of aryl methyl sites for hydroxylation is 1. The van der Waals surface area contributed by atoms with Gasteiger partial charge in [-0.2, -0.15) is 9.97 Å². The zero-order valence-corrected chi connectivity index (χ0v) is 24.5. The van der Waals surface area contributed by atoms with Gasteiger partial charge in [0.15, 0.2) is 11.4 Å². The van der Waals surface area contributed by atoms with Gasteiger partial charge in [-0.25, -0.2) is 0 Å². The van der Waals surface area contributed by atoms with E-state index in [0.717, 1.165) is 43.5 Å². The van der Waals surface area contributed by atoms with Crippen molar-refractivity contribution in [3.8, 4) is 23.5 Å². The summed E-state index contributed by atoms with van der Waals surface area (Å²) in [6.45, 7) is 12.9. The molecule has 3 aromatic rings. The number of rotatable bonds is 10. The van der Waals surface area contributed by atoms with Crippen molar-refractivity contribution in [2.24, 2.45) is 0 Å². The molecule has 0 saturated carbocycles. The Morgan fingerprint density at radius 1 is 1.10 bits per heavy atom. The quantitative estimate of drug-likeness (QED) is 0.370. The smallest absolute Gasteiger partial charge is 0.291 e. The van der Waals surface area contributed by atoms with E-state index in [4.69, 9.17) is 18.6 Å². The van der Waals surface area contributed by atoms with E-state index >= 15 is 0 Å². The SMILES string of the molecule is CC[Si](C)(C)c1ccc(C)c(Oc2ccc(C(=O)Nc3c(OC)nc(N4CC(N5CCC5)C4)nc3OC)o2)c1. The third-order valence-electron chi connectivity index (χ3n) is 7.88. The summed E-state index contributed by atoms with van der Waals surface area (Å²) in [4.78, 5) is 26.7. The number of anilines is 2. The lowest BCUT2D eigenvalue weighted by Gasteiger charge is -2.48. The molecule has 0 aliphatic carbocycles. The molecule has 1 aromatic carbocycles. The van der Waals surface area contributed by atoms with Crippen LogP contribution in [0.2, 0.25) is 19.1 Å². The van der Waals surface area contributed by atoms with Gasteiger partial charge < -0.3 is 28.8 Å². The van der Waals surface area contributed by atoms with Gasteiger partial charge in [-0.05, 0) is 44.1 Å². The zero-order valence-electron chi connectivity index (χ0n) is 23.5. The van der Waals surface area contributed by atoms with Crippen LogP contribution >= 0.6 is 0 Å². The van der Waals surface area contributed by atoms with Gasteiger partial charge in [0.1, 0.15) is 5.75 Å². The van der Waals surface area contributed by atoms with Gasteiger partial charge in [-0.3, -0.25) is 9.69 Å². The van der Waals surface area contributed by atoms with E-state index < -0.39 is 14.0 Å². The summed E-state index contributed by atoms with van der Waals surface area (Å²) in [5.41, 5.74) is 1.23. The van der Waals surface area contributed by atoms with E-state index in [0.29, 0.717) is 12.0 Å². The van der Waals surface area contributed by atoms with Crippen molar-refractivity contribution in [2.45, 2.75) is 45.4 Å². The number of ether oxygens (including phenoxy) is 3. The van der Waals surface area contributed by atoms with Crippen molar-refractivity contribution in [3.05, 3.63) is 41.7 Å². The largest absolute Gasteiger partial charge is 0.479 e. The molecule has 0 atom stereocenters. The maximum absolute atomic E-state index is 13.1. The van der Waals surface area contributed by atoms with Crippen LogP contribution in [0.15, 0.2) is 34.7 Å². The molecule has 2 aromatic heterocycles. The Bertz CT molecular complexity index is 1320. The molecule has 39 heavy (non-hydrogen) atoms. The third kappa shape index (κ3) is 5.46. The molecule has 1 amide bonds. The first-order valence-electron chi connectivity index (χ1n) is 13.4. The first-order valence-corrected chi connectivity index (χ1v) is 16.6. The number of hydrogen-bond donors (Lipinski definition) is 1. The van der Waals surface area contributed by atoms with Gasteiger partial charge >= 0.3 is 0 Å². The van der Waals surface area contributed by atoms with Crippen LogP contribution in [-0.2, 0) is 0 Å². The maximum atomic E-state index is 13.1. The standard InChI is InChI=1S/C28H37N5O5Si/c1-7-39(5,6)20-10-9-18(2)22(15-20)38-23-12-11-21(37-23)25(34)29-24-26(35-3)30-28(31-27(24)36-4)33-16-19(17-33)32-13-8-14-32/h9-12,15,19H,7-8,13-14,16-17H2,1-6H3,(H,29,34). The van der Waals surface area contributed by atoms with E-state index in [1.54, 1.807) is 12.1 Å². The van der Waals surface area contributed by atoms with Crippen molar-refractivity contribution in [1.82, 2.24) is 14.9 Å². The summed E-state index contributed by atoms with van der Waals surface area (Å²) in [5, 5.41) is 4.10. The lowest BCUT2D eigenvalue weighted by Crippen LogP contribution is -2.63. The van der Waals surface area contributed by atoms with E-state index in [1.165, 1.54) is 25.8 Å². The minimum atomic E-state index is -1.53. The molecule has 2 aliphatic heterocycles. The van der Waals surface area contributed by atoms with E-state index in [9.17, 15) is 4.79 Å². The molecular weight excluding hydrogens is 514 g/mol. The van der Waals surface area contributed by atoms with Crippen LogP contribution in [0.1, 0.15) is 29.5 Å². The fourth-order valence-corrected chi connectivity index (χ4v) is 6.09. The summed E-state index contributed by atoms with van der Waals surface area (Å²) in [7, 11) is 1.46. The van der Waals surface area contributed by atoms with Crippen LogP contribution in [0.4, 0.5) is 11.6 Å². The Hall–Kier alpha value is -3.57. The molecule has 5 rings (SSSR count). The fraction of sp³-hybridized carbons (Fsp3) is 0.464. The van der Waals surface area contributed by atoms with Crippen molar-refractivity contribution >= 4 is 30.8 Å². The summed E-state index contributed by atoms with van der Waals surface area (Å²) < 4.78 is 22.8. The normalized spacial score (nSPS) is 15.9. The Morgan fingerprint density at radius 2 is 1.79 bits per heavy atom. The molecular formula is C28H37N5O5Si. The third-order valence-corrected chi connectivity index (χ3v) is 11.5. The van der Waals surface area contributed by atoms with Gasteiger partial charge in [0.2, 0.25) is 17.7 Å². The van der Waals surface area contributed by atoms with Crippen LogP contribution in [-0.4, -0.2) is 75.3 Å². The van der Waals surface area contributed by atoms with Gasteiger partial charge in [0.05, 0.1) is 22.3 Å². The van der Waals surface area contributed by atoms with Gasteiger partial charge in [0, 0.05) is 25.2 Å². The Morgan fingerprint density at radius 3 is 2.38 bits per heavy atom. The molecule has 2 aliphatic rings. The lowest BCUT2D eigenvalue weighted by atomic mass is 10.0. The van der Waals surface area contributed by atoms with Crippen molar-refractivity contribution < 1.29 is 23.4 Å². The second kappa shape index (κ2) is 10.9. The molecule has 10 nitrogen and oxygen atoms in total. The van der Waals surface area contributed by atoms with Gasteiger partial charge in [0.25, 0.3) is 11.9 Å². The number of methoxy groups -OCH3 is 2. The Kier molecular flexibility index (Phi) is 7.54. The Labute approximate surface area is 230 Å². The van der Waals surface area contributed by atoms with E-state index in [2.05, 4.69) is 63.3 Å². The molecule has 208 valence electrons. The monoisotopic (exact) mass is 551 g/mol. The van der Waals surface area contributed by atoms with Crippen molar-refractivity contribution in [1.29, 1.82) is 0 Å². The lowest BCUT2D eigenvalue weighted by molar-refractivity contribution is 0.0968.